The van der Waals surface area contributed by atoms with Crippen LogP contribution in [0.25, 0.3) is 83.2 Å². The zero-order chi connectivity index (χ0) is 31.0. The number of hydrogen-bond acceptors (Lipinski definition) is 2. The van der Waals surface area contributed by atoms with Gasteiger partial charge in [0.05, 0.1) is 11.4 Å². The molecule has 1 aromatic heterocycles. The summed E-state index contributed by atoms with van der Waals surface area (Å²) in [6.45, 7) is 4.27. The molecule has 2 nitrogen and oxygen atoms in total. The van der Waals surface area contributed by atoms with Gasteiger partial charge in [-0.25, -0.2) is 9.97 Å². The van der Waals surface area contributed by atoms with Gasteiger partial charge in [-0.3, -0.25) is 0 Å². The topological polar surface area (TPSA) is 25.8 Å². The lowest BCUT2D eigenvalue weighted by Crippen LogP contribution is -1.92. The highest BCUT2D eigenvalue weighted by atomic mass is 14.8. The summed E-state index contributed by atoms with van der Waals surface area (Å²) in [5.74, 6) is 0. The second kappa shape index (κ2) is 11.6. The molecule has 8 rings (SSSR count). The second-order valence-corrected chi connectivity index (χ2v) is 11.8. The average Bonchev–Trinajstić information content (AvgIpc) is 3.12. The summed E-state index contributed by atoms with van der Waals surface area (Å²) in [6.07, 6.45) is 6.00. The first-order valence-corrected chi connectivity index (χ1v) is 15.8. The molecule has 0 aliphatic carbocycles. The molecule has 0 unspecified atom stereocenters. The van der Waals surface area contributed by atoms with Crippen molar-refractivity contribution >= 4 is 38.4 Å². The fourth-order valence-corrected chi connectivity index (χ4v) is 6.82. The minimum Gasteiger partial charge on any atom is -0.236 e. The van der Waals surface area contributed by atoms with Crippen LogP contribution in [0.3, 0.4) is 0 Å². The maximum absolute atomic E-state index is 4.72. The molecule has 46 heavy (non-hydrogen) atoms. The standard InChI is InChI=1S/C44H32N2/c1-3-12-35-29(2)23-41(39-21-8-6-19-37(35)39)30-14-10-16-33(24-30)43-27-44(46-28-45-43)34-17-11-15-31(25-34)42-26-32-13-4-5-18-36(32)38-20-7-9-22-40(38)42/h3-28H,1-2H3. The van der Waals surface area contributed by atoms with E-state index < -0.39 is 0 Å². The molecule has 0 aliphatic rings. The molecule has 0 fully saturated rings. The zero-order valence-electron chi connectivity index (χ0n) is 25.9. The molecule has 218 valence electrons. The number of rotatable bonds is 5. The molecule has 0 aliphatic heterocycles. The van der Waals surface area contributed by atoms with Gasteiger partial charge in [0.25, 0.3) is 0 Å². The van der Waals surface area contributed by atoms with Crippen molar-refractivity contribution in [2.75, 3.05) is 0 Å². The number of fused-ring (bicyclic) bond motifs is 4. The van der Waals surface area contributed by atoms with Gasteiger partial charge in [-0.1, -0.05) is 127 Å². The van der Waals surface area contributed by atoms with E-state index in [4.69, 9.17) is 9.97 Å². The van der Waals surface area contributed by atoms with E-state index in [2.05, 4.69) is 166 Å². The van der Waals surface area contributed by atoms with Crippen LogP contribution in [0.1, 0.15) is 18.1 Å². The summed E-state index contributed by atoms with van der Waals surface area (Å²) < 4.78 is 0. The second-order valence-electron chi connectivity index (χ2n) is 11.8. The van der Waals surface area contributed by atoms with E-state index >= 15 is 0 Å². The zero-order valence-corrected chi connectivity index (χ0v) is 25.9. The molecule has 0 spiro atoms. The van der Waals surface area contributed by atoms with Gasteiger partial charge in [0, 0.05) is 11.1 Å². The van der Waals surface area contributed by atoms with Gasteiger partial charge >= 0.3 is 0 Å². The number of benzene rings is 7. The Hall–Kier alpha value is -5.86. The summed E-state index contributed by atoms with van der Waals surface area (Å²) >= 11 is 0. The molecule has 7 aromatic carbocycles. The summed E-state index contributed by atoms with van der Waals surface area (Å²) in [5, 5.41) is 7.55. The van der Waals surface area contributed by atoms with Crippen LogP contribution >= 0.6 is 0 Å². The third-order valence-electron chi connectivity index (χ3n) is 9.00. The van der Waals surface area contributed by atoms with E-state index in [1.54, 1.807) is 6.33 Å². The Morgan fingerprint density at radius 3 is 1.63 bits per heavy atom. The van der Waals surface area contributed by atoms with Crippen molar-refractivity contribution in [2.45, 2.75) is 13.8 Å². The van der Waals surface area contributed by atoms with E-state index in [9.17, 15) is 0 Å². The van der Waals surface area contributed by atoms with Crippen LogP contribution in [0, 0.1) is 6.92 Å². The Kier molecular flexibility index (Phi) is 6.96. The van der Waals surface area contributed by atoms with Crippen molar-refractivity contribution in [2.24, 2.45) is 0 Å². The summed E-state index contributed by atoms with van der Waals surface area (Å²) in [7, 11) is 0. The number of nitrogens with zero attached hydrogens (tertiary/aromatic N) is 2. The number of aromatic nitrogens is 2. The normalized spacial score (nSPS) is 11.6. The maximum Gasteiger partial charge on any atom is 0.116 e. The van der Waals surface area contributed by atoms with E-state index in [1.165, 1.54) is 65.7 Å². The lowest BCUT2D eigenvalue weighted by molar-refractivity contribution is 1.18. The fourth-order valence-electron chi connectivity index (χ4n) is 6.82. The largest absolute Gasteiger partial charge is 0.236 e. The number of hydrogen-bond donors (Lipinski definition) is 0. The average molecular weight is 589 g/mol. The van der Waals surface area contributed by atoms with Crippen LogP contribution in [-0.2, 0) is 0 Å². The molecule has 0 saturated heterocycles. The minimum absolute atomic E-state index is 0.902. The molecule has 0 N–H and O–H groups in total. The quantitative estimate of drug-likeness (QED) is 0.187. The van der Waals surface area contributed by atoms with Crippen LogP contribution in [-0.4, -0.2) is 9.97 Å². The van der Waals surface area contributed by atoms with E-state index in [0.29, 0.717) is 0 Å². The molecule has 0 bridgehead atoms. The van der Waals surface area contributed by atoms with E-state index in [-0.39, 0.29) is 0 Å². The van der Waals surface area contributed by atoms with Crippen molar-refractivity contribution in [1.82, 2.24) is 9.97 Å². The van der Waals surface area contributed by atoms with Crippen molar-refractivity contribution in [3.05, 3.63) is 163 Å². The molecule has 8 aromatic rings. The van der Waals surface area contributed by atoms with Crippen molar-refractivity contribution in [1.29, 1.82) is 0 Å². The first-order valence-electron chi connectivity index (χ1n) is 15.8. The third-order valence-corrected chi connectivity index (χ3v) is 9.00. The first-order chi connectivity index (χ1) is 22.7. The molecule has 1 heterocycles. The molecule has 0 saturated carbocycles. The highest BCUT2D eigenvalue weighted by molar-refractivity contribution is 6.13. The molecular weight excluding hydrogens is 556 g/mol. The van der Waals surface area contributed by atoms with Gasteiger partial charge in [-0.15, -0.1) is 0 Å². The van der Waals surface area contributed by atoms with Crippen LogP contribution in [0.4, 0.5) is 0 Å². The van der Waals surface area contributed by atoms with Gasteiger partial charge < -0.3 is 0 Å². The fraction of sp³-hybridized carbons (Fsp3) is 0.0455. The van der Waals surface area contributed by atoms with Crippen molar-refractivity contribution in [3.63, 3.8) is 0 Å². The van der Waals surface area contributed by atoms with Gasteiger partial charge in [0.2, 0.25) is 0 Å². The maximum atomic E-state index is 4.72. The SMILES string of the molecule is CC=Cc1c(C)cc(-c2cccc(-c3cc(-c4cccc(-c5cc6ccccc6c6ccccc56)c4)ncn3)c2)c2ccccc12. The van der Waals surface area contributed by atoms with Crippen LogP contribution < -0.4 is 0 Å². The Balaban J connectivity index is 1.20. The Morgan fingerprint density at radius 2 is 0.978 bits per heavy atom. The predicted molar refractivity (Wildman–Crippen MR) is 196 cm³/mol. The first kappa shape index (κ1) is 27.7. The van der Waals surface area contributed by atoms with Crippen molar-refractivity contribution < 1.29 is 0 Å². The lowest BCUT2D eigenvalue weighted by atomic mass is 9.90. The lowest BCUT2D eigenvalue weighted by Gasteiger charge is -2.14. The Labute approximate surface area is 269 Å². The van der Waals surface area contributed by atoms with Crippen LogP contribution in [0.15, 0.2) is 152 Å². The molecule has 0 radical (unpaired) electrons. The Bertz CT molecular complexity index is 2450. The highest BCUT2D eigenvalue weighted by Gasteiger charge is 2.13. The smallest absolute Gasteiger partial charge is 0.116 e. The van der Waals surface area contributed by atoms with Crippen molar-refractivity contribution in [3.8, 4) is 44.8 Å². The molecular formula is C44H32N2. The minimum atomic E-state index is 0.902. The Morgan fingerprint density at radius 1 is 0.457 bits per heavy atom. The highest BCUT2D eigenvalue weighted by Crippen LogP contribution is 2.38. The van der Waals surface area contributed by atoms with Gasteiger partial charge in [0.1, 0.15) is 6.33 Å². The van der Waals surface area contributed by atoms with E-state index in [0.717, 1.165) is 22.5 Å². The van der Waals surface area contributed by atoms with Crippen LogP contribution in [0.2, 0.25) is 0 Å². The van der Waals surface area contributed by atoms with Gasteiger partial charge in [-0.2, -0.15) is 0 Å². The number of allylic oxidation sites excluding steroid dienone is 1. The molecule has 0 atom stereocenters. The van der Waals surface area contributed by atoms with E-state index in [1.807, 2.05) is 0 Å². The monoisotopic (exact) mass is 588 g/mol. The summed E-state index contributed by atoms with van der Waals surface area (Å²) in [5.41, 5.74) is 11.3. The van der Waals surface area contributed by atoms with Gasteiger partial charge in [0.15, 0.2) is 0 Å². The van der Waals surface area contributed by atoms with Gasteiger partial charge in [-0.05, 0) is 104 Å². The molecule has 2 heteroatoms. The third kappa shape index (κ3) is 4.85. The summed E-state index contributed by atoms with van der Waals surface area (Å²) in [4.78, 5) is 9.45. The molecule has 0 amide bonds. The van der Waals surface area contributed by atoms with Crippen LogP contribution in [0.5, 0.6) is 0 Å². The predicted octanol–water partition coefficient (Wildman–Crippen LogP) is 11.9. The summed E-state index contributed by atoms with van der Waals surface area (Å²) in [6, 6.07) is 50.1. The number of aryl methyl sites for hydroxylation is 1.